The van der Waals surface area contributed by atoms with Crippen LogP contribution in [0.5, 0.6) is 0 Å². The summed E-state index contributed by atoms with van der Waals surface area (Å²) in [5.74, 6) is 0.831. The van der Waals surface area contributed by atoms with Gasteiger partial charge in [0.1, 0.15) is 0 Å². The average molecular weight is 369 g/mol. The Kier molecular flexibility index (Phi) is 6.67. The van der Waals surface area contributed by atoms with Crippen molar-refractivity contribution in [1.29, 1.82) is 0 Å². The molecule has 3 rings (SSSR count). The second kappa shape index (κ2) is 9.18. The van der Waals surface area contributed by atoms with Crippen molar-refractivity contribution in [2.45, 2.75) is 46.5 Å². The topological polar surface area (TPSA) is 50.2 Å². The van der Waals surface area contributed by atoms with Gasteiger partial charge in [-0.1, -0.05) is 6.92 Å². The van der Waals surface area contributed by atoms with Crippen LogP contribution in [0.3, 0.4) is 0 Å². The van der Waals surface area contributed by atoms with E-state index in [-0.39, 0.29) is 5.91 Å². The summed E-state index contributed by atoms with van der Waals surface area (Å²) in [6.07, 6.45) is 4.86. The number of carbonyl (C=O) groups is 1. The first-order chi connectivity index (χ1) is 13.0. The van der Waals surface area contributed by atoms with Crippen LogP contribution in [0.1, 0.15) is 54.4 Å². The summed E-state index contributed by atoms with van der Waals surface area (Å²) >= 11 is 0. The maximum atomic E-state index is 12.3. The van der Waals surface area contributed by atoms with E-state index in [0.717, 1.165) is 48.9 Å². The Hall–Kier alpha value is -2.14. The zero-order valence-electron chi connectivity index (χ0n) is 16.9. The minimum atomic E-state index is 0.00140. The zero-order valence-corrected chi connectivity index (χ0v) is 16.9. The lowest BCUT2D eigenvalue weighted by Gasteiger charge is -2.30. The summed E-state index contributed by atoms with van der Waals surface area (Å²) in [6, 6.07) is 9.69. The van der Waals surface area contributed by atoms with Gasteiger partial charge in [-0.25, -0.2) is 4.68 Å². The summed E-state index contributed by atoms with van der Waals surface area (Å²) in [4.78, 5) is 14.9. The number of aromatic nitrogens is 2. The summed E-state index contributed by atoms with van der Waals surface area (Å²) in [5, 5.41) is 7.52. The van der Waals surface area contributed by atoms with Crippen LogP contribution >= 0.6 is 0 Å². The molecule has 1 aromatic carbocycles. The number of carbonyl (C=O) groups excluding carboxylic acids is 1. The number of amides is 1. The molecule has 5 nitrogen and oxygen atoms in total. The number of unbranched alkanes of at least 4 members (excludes halogenated alkanes) is 1. The molecule has 1 saturated heterocycles. The Balaban J connectivity index is 1.41. The third-order valence-corrected chi connectivity index (χ3v) is 5.31. The third-order valence-electron chi connectivity index (χ3n) is 5.31. The highest BCUT2D eigenvalue weighted by molar-refractivity contribution is 5.94. The molecular weight excluding hydrogens is 336 g/mol. The van der Waals surface area contributed by atoms with Gasteiger partial charge in [0, 0.05) is 24.3 Å². The summed E-state index contributed by atoms with van der Waals surface area (Å²) < 4.78 is 1.90. The number of aryl methyl sites for hydroxylation is 2. The Morgan fingerprint density at radius 3 is 2.67 bits per heavy atom. The Morgan fingerprint density at radius 1 is 1.22 bits per heavy atom. The van der Waals surface area contributed by atoms with Crippen molar-refractivity contribution >= 4 is 5.91 Å². The zero-order chi connectivity index (χ0) is 19.2. The molecule has 0 spiro atoms. The quantitative estimate of drug-likeness (QED) is 0.758. The van der Waals surface area contributed by atoms with E-state index in [4.69, 9.17) is 0 Å². The minimum Gasteiger partial charge on any atom is -0.352 e. The standard InChI is InChI=1S/C22H32N4O/c1-17-7-6-14-25(16-17)13-5-4-12-23-22(27)20-8-10-21(11-9-20)26-19(3)15-18(2)24-26/h8-11,15,17H,4-7,12-14,16H2,1-3H3,(H,23,27). The third kappa shape index (κ3) is 5.42. The highest BCUT2D eigenvalue weighted by atomic mass is 16.1. The first kappa shape index (κ1) is 19.6. The molecule has 2 heterocycles. The van der Waals surface area contributed by atoms with Gasteiger partial charge in [0.05, 0.1) is 11.4 Å². The van der Waals surface area contributed by atoms with Gasteiger partial charge in [-0.15, -0.1) is 0 Å². The Labute approximate surface area is 162 Å². The van der Waals surface area contributed by atoms with Crippen LogP contribution in [0.4, 0.5) is 0 Å². The molecule has 1 atom stereocenters. The average Bonchev–Trinajstić information content (AvgIpc) is 2.99. The molecule has 1 aromatic heterocycles. The fourth-order valence-corrected chi connectivity index (χ4v) is 3.90. The largest absolute Gasteiger partial charge is 0.352 e. The van der Waals surface area contributed by atoms with E-state index < -0.39 is 0 Å². The Morgan fingerprint density at radius 2 is 2.00 bits per heavy atom. The molecule has 1 N–H and O–H groups in total. The lowest BCUT2D eigenvalue weighted by molar-refractivity contribution is 0.0952. The maximum absolute atomic E-state index is 12.3. The maximum Gasteiger partial charge on any atom is 0.251 e. The van der Waals surface area contributed by atoms with Crippen molar-refractivity contribution in [3.63, 3.8) is 0 Å². The summed E-state index contributed by atoms with van der Waals surface area (Å²) in [6.45, 7) is 10.7. The molecule has 5 heteroatoms. The fraction of sp³-hybridized carbons (Fsp3) is 0.545. The van der Waals surface area contributed by atoms with E-state index in [1.807, 2.05) is 48.9 Å². The summed E-state index contributed by atoms with van der Waals surface area (Å²) in [7, 11) is 0. The number of hydrogen-bond acceptors (Lipinski definition) is 3. The molecule has 0 aliphatic carbocycles. The van der Waals surface area contributed by atoms with E-state index >= 15 is 0 Å². The van der Waals surface area contributed by atoms with E-state index in [1.54, 1.807) is 0 Å². The van der Waals surface area contributed by atoms with Crippen LogP contribution < -0.4 is 5.32 Å². The van der Waals surface area contributed by atoms with Crippen LogP contribution in [0.15, 0.2) is 30.3 Å². The van der Waals surface area contributed by atoms with Gasteiger partial charge in [0.15, 0.2) is 0 Å². The Bertz CT molecular complexity index is 750. The molecule has 1 aliphatic rings. The predicted octanol–water partition coefficient (Wildman–Crippen LogP) is 3.73. The number of likely N-dealkylation sites (tertiary alicyclic amines) is 1. The molecule has 1 unspecified atom stereocenters. The lowest BCUT2D eigenvalue weighted by atomic mass is 10.0. The van der Waals surface area contributed by atoms with Gasteiger partial charge in [0.25, 0.3) is 5.91 Å². The monoisotopic (exact) mass is 368 g/mol. The first-order valence-corrected chi connectivity index (χ1v) is 10.2. The highest BCUT2D eigenvalue weighted by Gasteiger charge is 2.15. The normalized spacial score (nSPS) is 17.8. The summed E-state index contributed by atoms with van der Waals surface area (Å²) in [5.41, 5.74) is 3.76. The van der Waals surface area contributed by atoms with Crippen LogP contribution in [0.2, 0.25) is 0 Å². The van der Waals surface area contributed by atoms with Gasteiger partial charge < -0.3 is 10.2 Å². The highest BCUT2D eigenvalue weighted by Crippen LogP contribution is 2.16. The van der Waals surface area contributed by atoms with Crippen molar-refractivity contribution in [2.75, 3.05) is 26.2 Å². The van der Waals surface area contributed by atoms with E-state index in [0.29, 0.717) is 5.56 Å². The van der Waals surface area contributed by atoms with Crippen LogP contribution in [-0.4, -0.2) is 46.8 Å². The van der Waals surface area contributed by atoms with Gasteiger partial charge in [-0.3, -0.25) is 4.79 Å². The van der Waals surface area contributed by atoms with Crippen molar-refractivity contribution < 1.29 is 4.79 Å². The number of nitrogens with zero attached hydrogens (tertiary/aromatic N) is 3. The van der Waals surface area contributed by atoms with Crippen molar-refractivity contribution in [1.82, 2.24) is 20.0 Å². The molecule has 0 radical (unpaired) electrons. The van der Waals surface area contributed by atoms with Crippen LogP contribution in [-0.2, 0) is 0 Å². The molecule has 146 valence electrons. The number of nitrogens with one attached hydrogen (secondary N) is 1. The predicted molar refractivity (Wildman–Crippen MR) is 109 cm³/mol. The number of benzene rings is 1. The molecule has 0 saturated carbocycles. The lowest BCUT2D eigenvalue weighted by Crippen LogP contribution is -2.35. The van der Waals surface area contributed by atoms with Crippen molar-refractivity contribution in [3.05, 3.63) is 47.3 Å². The minimum absolute atomic E-state index is 0.00140. The second-order valence-electron chi connectivity index (χ2n) is 7.90. The smallest absolute Gasteiger partial charge is 0.251 e. The number of piperidine rings is 1. The van der Waals surface area contributed by atoms with Gasteiger partial charge in [-0.05, 0) is 88.9 Å². The van der Waals surface area contributed by atoms with E-state index in [9.17, 15) is 4.79 Å². The van der Waals surface area contributed by atoms with Gasteiger partial charge in [-0.2, -0.15) is 5.10 Å². The molecule has 0 bridgehead atoms. The van der Waals surface area contributed by atoms with E-state index in [2.05, 4.69) is 22.2 Å². The molecule has 27 heavy (non-hydrogen) atoms. The molecular formula is C22H32N4O. The van der Waals surface area contributed by atoms with Gasteiger partial charge in [0.2, 0.25) is 0 Å². The van der Waals surface area contributed by atoms with Crippen molar-refractivity contribution in [3.8, 4) is 5.69 Å². The SMILES string of the molecule is Cc1cc(C)n(-c2ccc(C(=O)NCCCCN3CCCC(C)C3)cc2)n1. The molecule has 1 aliphatic heterocycles. The first-order valence-electron chi connectivity index (χ1n) is 10.2. The number of rotatable bonds is 7. The van der Waals surface area contributed by atoms with Crippen molar-refractivity contribution in [2.24, 2.45) is 5.92 Å². The van der Waals surface area contributed by atoms with E-state index in [1.165, 1.54) is 25.9 Å². The van der Waals surface area contributed by atoms with Crippen LogP contribution in [0.25, 0.3) is 5.69 Å². The molecule has 2 aromatic rings. The van der Waals surface area contributed by atoms with Gasteiger partial charge >= 0.3 is 0 Å². The molecule has 1 fully saturated rings. The fourth-order valence-electron chi connectivity index (χ4n) is 3.90. The number of hydrogen-bond donors (Lipinski definition) is 1. The molecule has 1 amide bonds. The van der Waals surface area contributed by atoms with Crippen LogP contribution in [0, 0.1) is 19.8 Å². The second-order valence-corrected chi connectivity index (χ2v) is 7.90.